The molecule has 4 atom stereocenters. The largest absolute Gasteiger partial charge is 0.479 e. The molecule has 1 fully saturated rings. The Morgan fingerprint density at radius 3 is 2.39 bits per heavy atom. The highest BCUT2D eigenvalue weighted by Gasteiger charge is 2.61. The molecule has 2 aromatic carbocycles. The maximum atomic E-state index is 13.4. The van der Waals surface area contributed by atoms with Crippen LogP contribution >= 0.6 is 0 Å². The molecule has 0 bridgehead atoms. The molecule has 4 aliphatic rings. The number of likely N-dealkylation sites (N-methyl/N-ethyl adjacent to an activating group) is 1. The van der Waals surface area contributed by atoms with E-state index in [9.17, 15) is 19.5 Å². The maximum Gasteiger partial charge on any atom is 0.330 e. The van der Waals surface area contributed by atoms with Crippen molar-refractivity contribution in [3.05, 3.63) is 83.5 Å². The normalized spacial score (nSPS) is 28.8. The van der Waals surface area contributed by atoms with Crippen LogP contribution in [0.4, 0.5) is 0 Å². The predicted molar refractivity (Wildman–Crippen MR) is 141 cm³/mol. The Hall–Kier alpha value is -4.20. The number of nitrogens with one attached hydrogen (secondary N) is 1. The van der Waals surface area contributed by atoms with E-state index < -0.39 is 29.4 Å². The fourth-order valence-corrected chi connectivity index (χ4v) is 5.80. The van der Waals surface area contributed by atoms with Crippen molar-refractivity contribution in [1.29, 1.82) is 0 Å². The van der Waals surface area contributed by atoms with Crippen LogP contribution in [0.15, 0.2) is 77.5 Å². The average molecular weight is 512 g/mol. The summed E-state index contributed by atoms with van der Waals surface area (Å²) in [6.07, 6.45) is 6.92. The third-order valence-electron chi connectivity index (χ3n) is 8.03. The van der Waals surface area contributed by atoms with Crippen LogP contribution < -0.4 is 5.32 Å². The van der Waals surface area contributed by atoms with Crippen molar-refractivity contribution in [2.24, 2.45) is 17.0 Å². The molecule has 38 heavy (non-hydrogen) atoms. The van der Waals surface area contributed by atoms with Gasteiger partial charge in [0, 0.05) is 42.6 Å². The predicted octanol–water partition coefficient (Wildman–Crippen LogP) is 3.52. The van der Waals surface area contributed by atoms with Gasteiger partial charge in [-0.3, -0.25) is 9.59 Å². The van der Waals surface area contributed by atoms with Crippen molar-refractivity contribution in [1.82, 2.24) is 10.2 Å². The van der Waals surface area contributed by atoms with Gasteiger partial charge in [-0.1, -0.05) is 65.8 Å². The quantitative estimate of drug-likeness (QED) is 0.413. The molecule has 6 rings (SSSR count). The zero-order valence-electron chi connectivity index (χ0n) is 21.1. The van der Waals surface area contributed by atoms with Crippen LogP contribution in [-0.2, 0) is 19.2 Å². The monoisotopic (exact) mass is 511 g/mol. The van der Waals surface area contributed by atoms with Crippen LogP contribution in [0.2, 0.25) is 0 Å². The first-order valence-electron chi connectivity index (χ1n) is 13.0. The number of aliphatic carboxylic acids is 1. The second kappa shape index (κ2) is 9.28. The van der Waals surface area contributed by atoms with Crippen molar-refractivity contribution in [3.63, 3.8) is 0 Å². The molecule has 0 radical (unpaired) electrons. The number of carboxylic acids is 1. The van der Waals surface area contributed by atoms with Gasteiger partial charge in [0.25, 0.3) is 0 Å². The van der Waals surface area contributed by atoms with E-state index in [2.05, 4.69) is 10.5 Å². The summed E-state index contributed by atoms with van der Waals surface area (Å²) in [6, 6.07) is 16.0. The van der Waals surface area contributed by atoms with Crippen LogP contribution in [0.25, 0.3) is 11.1 Å². The average Bonchev–Trinajstić information content (AvgIpc) is 3.30. The van der Waals surface area contributed by atoms with Crippen LogP contribution in [0.3, 0.4) is 0 Å². The van der Waals surface area contributed by atoms with Crippen molar-refractivity contribution in [2.45, 2.75) is 37.3 Å². The van der Waals surface area contributed by atoms with E-state index in [0.29, 0.717) is 24.3 Å². The molecule has 0 aromatic heterocycles. The Kier molecular flexibility index (Phi) is 5.90. The van der Waals surface area contributed by atoms with E-state index >= 15 is 0 Å². The minimum absolute atomic E-state index is 0.205. The standard InChI is InChI=1S/C30H29N3O5/c1-33-14-8-2-3-9-18-17-30(18,29(36)37)31-27(34)24-15-19(16-25(24)28(33)35)38-32-26-22-12-6-4-10-20(22)21-11-5-7-13-23(21)26/h3-7,9-13,16,18-19,24H,2,8,14-15,17H2,1H3,(H,31,34)(H,36,37)/b9-3-/t18-,19+,24+,30+/m0/s1. The van der Waals surface area contributed by atoms with Crippen molar-refractivity contribution < 1.29 is 24.3 Å². The van der Waals surface area contributed by atoms with Crippen molar-refractivity contribution >= 4 is 23.5 Å². The molecular weight excluding hydrogens is 482 g/mol. The van der Waals surface area contributed by atoms with Crippen molar-refractivity contribution in [3.8, 4) is 11.1 Å². The SMILES string of the molecule is CN1CCC/C=C\[C@H]2C[C@@]2(C(=O)O)NC(=O)[C@@H]2C[C@@H](ON=C3c4ccccc4-c4ccccc43)C=C2C1=O. The summed E-state index contributed by atoms with van der Waals surface area (Å²) < 4.78 is 0. The van der Waals surface area contributed by atoms with Crippen molar-refractivity contribution in [2.75, 3.05) is 13.6 Å². The van der Waals surface area contributed by atoms with Gasteiger partial charge in [-0.15, -0.1) is 0 Å². The fraction of sp³-hybridized carbons (Fsp3) is 0.333. The van der Waals surface area contributed by atoms with Gasteiger partial charge in [0.05, 0.1) is 5.92 Å². The minimum atomic E-state index is -1.32. The van der Waals surface area contributed by atoms with Crippen LogP contribution in [-0.4, -0.2) is 58.7 Å². The number of amides is 2. The number of carbonyl (C=O) groups is 3. The molecule has 2 N–H and O–H groups in total. The minimum Gasteiger partial charge on any atom is -0.479 e. The molecule has 0 saturated heterocycles. The molecule has 8 nitrogen and oxygen atoms in total. The molecule has 2 amide bonds. The van der Waals surface area contributed by atoms with E-state index in [1.807, 2.05) is 60.7 Å². The molecule has 1 heterocycles. The van der Waals surface area contributed by atoms with E-state index in [4.69, 9.17) is 4.84 Å². The fourth-order valence-electron chi connectivity index (χ4n) is 5.80. The first-order chi connectivity index (χ1) is 18.4. The molecule has 0 unspecified atom stereocenters. The van der Waals surface area contributed by atoms with Gasteiger partial charge in [-0.2, -0.15) is 0 Å². The molecule has 3 aliphatic carbocycles. The van der Waals surface area contributed by atoms with E-state index in [1.165, 1.54) is 0 Å². The highest BCUT2D eigenvalue weighted by molar-refractivity contribution is 6.24. The summed E-state index contributed by atoms with van der Waals surface area (Å²) in [5.74, 6) is -2.85. The van der Waals surface area contributed by atoms with Gasteiger partial charge in [0.1, 0.15) is 17.4 Å². The maximum absolute atomic E-state index is 13.4. The summed E-state index contributed by atoms with van der Waals surface area (Å²) >= 11 is 0. The zero-order valence-corrected chi connectivity index (χ0v) is 21.1. The Balaban J connectivity index is 1.29. The van der Waals surface area contributed by atoms with Crippen LogP contribution in [0.5, 0.6) is 0 Å². The Bertz CT molecular complexity index is 1380. The van der Waals surface area contributed by atoms with Gasteiger partial charge in [-0.25, -0.2) is 4.79 Å². The molecule has 8 heteroatoms. The van der Waals surface area contributed by atoms with E-state index in [-0.39, 0.29) is 18.2 Å². The smallest absolute Gasteiger partial charge is 0.330 e. The number of hydrogen-bond donors (Lipinski definition) is 2. The number of carboxylic acid groups (broad SMARTS) is 1. The first kappa shape index (κ1) is 24.2. The molecular formula is C30H29N3O5. The summed E-state index contributed by atoms with van der Waals surface area (Å²) in [5, 5.41) is 17.2. The third-order valence-corrected chi connectivity index (χ3v) is 8.03. The summed E-state index contributed by atoms with van der Waals surface area (Å²) in [7, 11) is 1.72. The molecule has 0 spiro atoms. The number of carbonyl (C=O) groups excluding carboxylic acids is 2. The molecule has 1 aliphatic heterocycles. The Labute approximate surface area is 220 Å². The lowest BCUT2D eigenvalue weighted by Crippen LogP contribution is -2.48. The lowest BCUT2D eigenvalue weighted by molar-refractivity contribution is -0.144. The van der Waals surface area contributed by atoms with Gasteiger partial charge in [0.2, 0.25) is 11.8 Å². The second-order valence-corrected chi connectivity index (χ2v) is 10.5. The third kappa shape index (κ3) is 4.00. The van der Waals surface area contributed by atoms with Crippen LogP contribution in [0, 0.1) is 11.8 Å². The highest BCUT2D eigenvalue weighted by Crippen LogP contribution is 2.46. The van der Waals surface area contributed by atoms with E-state index in [1.54, 1.807) is 18.0 Å². The first-order valence-corrected chi connectivity index (χ1v) is 13.0. The summed E-state index contributed by atoms with van der Waals surface area (Å²) in [6.45, 7) is 0.533. The number of fused-ring (bicyclic) bond motifs is 5. The van der Waals surface area contributed by atoms with Crippen LogP contribution in [0.1, 0.15) is 36.8 Å². The Morgan fingerprint density at radius 2 is 1.74 bits per heavy atom. The lowest BCUT2D eigenvalue weighted by atomic mass is 9.98. The number of benzene rings is 2. The number of hydrogen-bond acceptors (Lipinski definition) is 5. The summed E-state index contributed by atoms with van der Waals surface area (Å²) in [5.41, 5.74) is 3.80. The molecule has 1 saturated carbocycles. The molecule has 194 valence electrons. The highest BCUT2D eigenvalue weighted by atomic mass is 16.6. The lowest BCUT2D eigenvalue weighted by Gasteiger charge is -2.22. The number of nitrogens with zero attached hydrogens (tertiary/aromatic N) is 2. The number of allylic oxidation sites excluding steroid dienone is 1. The number of rotatable bonds is 3. The number of oxime groups is 1. The van der Waals surface area contributed by atoms with E-state index in [0.717, 1.165) is 35.1 Å². The Morgan fingerprint density at radius 1 is 1.08 bits per heavy atom. The van der Waals surface area contributed by atoms with Gasteiger partial charge >= 0.3 is 5.97 Å². The summed E-state index contributed by atoms with van der Waals surface area (Å²) in [4.78, 5) is 46.5. The zero-order chi connectivity index (χ0) is 26.4. The van der Waals surface area contributed by atoms with Gasteiger partial charge in [0.15, 0.2) is 0 Å². The van der Waals surface area contributed by atoms with Gasteiger partial charge in [-0.05, 0) is 36.5 Å². The second-order valence-electron chi connectivity index (χ2n) is 10.5. The molecule has 2 aromatic rings. The topological polar surface area (TPSA) is 108 Å². The van der Waals surface area contributed by atoms with Gasteiger partial charge < -0.3 is 20.2 Å².